The van der Waals surface area contributed by atoms with Crippen molar-refractivity contribution in [2.24, 2.45) is 5.92 Å². The van der Waals surface area contributed by atoms with Crippen LogP contribution in [0.5, 0.6) is 0 Å². The fraction of sp³-hybridized carbons (Fsp3) is 0.0455. The quantitative estimate of drug-likeness (QED) is 0.512. The molecule has 2 heteroatoms. The van der Waals surface area contributed by atoms with Gasteiger partial charge in [0.2, 0.25) is 0 Å². The molecule has 0 saturated carbocycles. The summed E-state index contributed by atoms with van der Waals surface area (Å²) in [5.41, 5.74) is 3.15. The van der Waals surface area contributed by atoms with Crippen LogP contribution >= 0.6 is 0 Å². The van der Waals surface area contributed by atoms with Crippen molar-refractivity contribution in [1.82, 2.24) is 0 Å². The monoisotopic (exact) mass is 404 g/mol. The average molecular weight is 405 g/mol. The van der Waals surface area contributed by atoms with E-state index in [0.717, 1.165) is 16.7 Å². The third-order valence-corrected chi connectivity index (χ3v) is 3.74. The van der Waals surface area contributed by atoms with Crippen LogP contribution in [0.1, 0.15) is 11.1 Å². The third kappa shape index (κ3) is 4.86. The second kappa shape index (κ2) is 9.13. The molecule has 0 spiro atoms. The van der Waals surface area contributed by atoms with Crippen LogP contribution < -0.4 is 0 Å². The molecule has 1 aliphatic rings. The van der Waals surface area contributed by atoms with Gasteiger partial charge >= 0.3 is 0 Å². The van der Waals surface area contributed by atoms with E-state index in [2.05, 4.69) is 6.08 Å². The van der Waals surface area contributed by atoms with E-state index in [4.69, 9.17) is 0 Å². The van der Waals surface area contributed by atoms with Crippen molar-refractivity contribution in [3.63, 3.8) is 0 Å². The molecule has 0 radical (unpaired) electrons. The van der Waals surface area contributed by atoms with Gasteiger partial charge in [0.05, 0.1) is 5.92 Å². The molecule has 2 aromatic carbocycles. The van der Waals surface area contributed by atoms with E-state index in [1.807, 2.05) is 91.0 Å². The minimum absolute atomic E-state index is 0. The first-order valence-corrected chi connectivity index (χ1v) is 7.71. The maximum atomic E-state index is 12.6. The Morgan fingerprint density at radius 3 is 2.12 bits per heavy atom. The molecule has 0 amide bonds. The largest absolute Gasteiger partial charge is 0.294 e. The molecule has 24 heavy (non-hydrogen) atoms. The standard InChI is InChI=1S/C22H18O.Pd/c23-22(16-15-18-9-3-1-4-10-18)21-14-8-7-13-20(21)17-19-11-5-2-6-12-19;/h1-17,21H;. The minimum Gasteiger partial charge on any atom is -0.294 e. The first-order valence-electron chi connectivity index (χ1n) is 7.71. The second-order valence-electron chi connectivity index (χ2n) is 5.42. The number of carbonyl (C=O) groups is 1. The summed E-state index contributed by atoms with van der Waals surface area (Å²) in [4.78, 5) is 12.6. The Hall–Kier alpha value is -2.27. The molecule has 0 saturated heterocycles. The number of hydrogen-bond acceptors (Lipinski definition) is 1. The Balaban J connectivity index is 0.00000208. The first kappa shape index (κ1) is 18.1. The number of hydrogen-bond donors (Lipinski definition) is 0. The summed E-state index contributed by atoms with van der Waals surface area (Å²) in [6.45, 7) is 0. The summed E-state index contributed by atoms with van der Waals surface area (Å²) in [7, 11) is 0. The van der Waals surface area contributed by atoms with Crippen LogP contribution in [-0.4, -0.2) is 5.78 Å². The van der Waals surface area contributed by atoms with E-state index in [1.165, 1.54) is 0 Å². The van der Waals surface area contributed by atoms with Gasteiger partial charge in [-0.15, -0.1) is 0 Å². The number of carbonyl (C=O) groups excluding carboxylic acids is 1. The smallest absolute Gasteiger partial charge is 0.166 e. The number of allylic oxidation sites excluding steroid dienone is 6. The van der Waals surface area contributed by atoms with E-state index in [1.54, 1.807) is 6.08 Å². The van der Waals surface area contributed by atoms with Crippen molar-refractivity contribution in [1.29, 1.82) is 0 Å². The van der Waals surface area contributed by atoms with Crippen LogP contribution in [0.3, 0.4) is 0 Å². The average Bonchev–Trinajstić information content (AvgIpc) is 2.62. The Morgan fingerprint density at radius 1 is 0.833 bits per heavy atom. The first-order chi connectivity index (χ1) is 11.3. The van der Waals surface area contributed by atoms with Crippen LogP contribution in [0.2, 0.25) is 0 Å². The normalized spacial score (nSPS) is 17.8. The van der Waals surface area contributed by atoms with Crippen LogP contribution in [0.4, 0.5) is 0 Å². The zero-order chi connectivity index (χ0) is 15.9. The van der Waals surface area contributed by atoms with Crippen molar-refractivity contribution in [2.45, 2.75) is 0 Å². The molecule has 3 rings (SSSR count). The molecule has 1 nitrogen and oxygen atoms in total. The van der Waals surface area contributed by atoms with Gasteiger partial charge < -0.3 is 0 Å². The fourth-order valence-electron chi connectivity index (χ4n) is 2.54. The van der Waals surface area contributed by atoms with E-state index >= 15 is 0 Å². The molecule has 1 unspecified atom stereocenters. The summed E-state index contributed by atoms with van der Waals surface area (Å²) in [5.74, 6) is -0.128. The van der Waals surface area contributed by atoms with Gasteiger partial charge in [0, 0.05) is 20.4 Å². The van der Waals surface area contributed by atoms with Crippen molar-refractivity contribution in [3.8, 4) is 0 Å². The van der Waals surface area contributed by atoms with Crippen LogP contribution in [0.15, 0.2) is 96.6 Å². The molecule has 0 aliphatic heterocycles. The van der Waals surface area contributed by atoms with Crippen LogP contribution in [-0.2, 0) is 25.2 Å². The van der Waals surface area contributed by atoms with E-state index in [0.29, 0.717) is 0 Å². The fourth-order valence-corrected chi connectivity index (χ4v) is 2.54. The summed E-state index contributed by atoms with van der Waals surface area (Å²) in [6, 6.07) is 20.0. The maximum Gasteiger partial charge on any atom is 0.166 e. The zero-order valence-corrected chi connectivity index (χ0v) is 14.7. The van der Waals surface area contributed by atoms with Gasteiger partial charge in [0.15, 0.2) is 5.78 Å². The van der Waals surface area contributed by atoms with Gasteiger partial charge in [-0.05, 0) is 22.8 Å². The summed E-state index contributed by atoms with van der Waals surface area (Å²) < 4.78 is 0. The van der Waals surface area contributed by atoms with Gasteiger partial charge in [-0.2, -0.15) is 0 Å². The van der Waals surface area contributed by atoms with E-state index < -0.39 is 0 Å². The molecule has 0 heterocycles. The molecule has 122 valence electrons. The van der Waals surface area contributed by atoms with Gasteiger partial charge in [0.25, 0.3) is 0 Å². The molecule has 1 aliphatic carbocycles. The minimum atomic E-state index is -0.222. The van der Waals surface area contributed by atoms with Gasteiger partial charge in [-0.1, -0.05) is 97.1 Å². The SMILES string of the molecule is O=C(C=Cc1ccccc1)C1C=CC=CC1=Cc1ccccc1.[Pd]. The third-order valence-electron chi connectivity index (χ3n) is 3.74. The van der Waals surface area contributed by atoms with Crippen molar-refractivity contribution in [2.75, 3.05) is 0 Å². The molecular formula is C22H18OPd. The van der Waals surface area contributed by atoms with Crippen LogP contribution in [0.25, 0.3) is 12.2 Å². The van der Waals surface area contributed by atoms with Gasteiger partial charge in [-0.25, -0.2) is 0 Å². The molecule has 0 bridgehead atoms. The molecule has 1 atom stereocenters. The molecule has 0 N–H and O–H groups in total. The summed E-state index contributed by atoms with van der Waals surface area (Å²) in [6.07, 6.45) is 13.5. The molecular weight excluding hydrogens is 387 g/mol. The molecule has 2 aromatic rings. The molecule has 0 fully saturated rings. The van der Waals surface area contributed by atoms with Crippen molar-refractivity contribution < 1.29 is 25.2 Å². The zero-order valence-electron chi connectivity index (χ0n) is 13.1. The van der Waals surface area contributed by atoms with Gasteiger partial charge in [-0.3, -0.25) is 4.79 Å². The van der Waals surface area contributed by atoms with Crippen LogP contribution in [0, 0.1) is 5.92 Å². The Kier molecular flexibility index (Phi) is 6.88. The predicted octanol–water partition coefficient (Wildman–Crippen LogP) is 5.09. The Bertz CT molecular complexity index is 783. The number of ketones is 1. The Morgan fingerprint density at radius 2 is 1.46 bits per heavy atom. The topological polar surface area (TPSA) is 17.1 Å². The van der Waals surface area contributed by atoms with E-state index in [9.17, 15) is 4.79 Å². The van der Waals surface area contributed by atoms with Gasteiger partial charge in [0.1, 0.15) is 0 Å². The number of benzene rings is 2. The van der Waals surface area contributed by atoms with Crippen molar-refractivity contribution in [3.05, 3.63) is 108 Å². The molecule has 0 aromatic heterocycles. The summed E-state index contributed by atoms with van der Waals surface area (Å²) in [5, 5.41) is 0. The van der Waals surface area contributed by atoms with E-state index in [-0.39, 0.29) is 32.1 Å². The second-order valence-corrected chi connectivity index (χ2v) is 5.42. The summed E-state index contributed by atoms with van der Waals surface area (Å²) >= 11 is 0. The maximum absolute atomic E-state index is 12.6. The Labute approximate surface area is 156 Å². The number of rotatable bonds is 4. The predicted molar refractivity (Wildman–Crippen MR) is 96.7 cm³/mol. The van der Waals surface area contributed by atoms with Crippen molar-refractivity contribution >= 4 is 17.9 Å².